The predicted molar refractivity (Wildman–Crippen MR) is 54.3 cm³/mol. The largest absolute Gasteiger partial charge is 0.381 e. The maximum absolute atomic E-state index is 5.55. The highest BCUT2D eigenvalue weighted by Gasteiger charge is 2.09. The van der Waals surface area contributed by atoms with Gasteiger partial charge in [-0.3, -0.25) is 0 Å². The van der Waals surface area contributed by atoms with Gasteiger partial charge in [0.05, 0.1) is 6.61 Å². The molecule has 0 saturated heterocycles. The summed E-state index contributed by atoms with van der Waals surface area (Å²) in [6, 6.07) is 0. The second kappa shape index (κ2) is 5.58. The maximum Gasteiger partial charge on any atom is 0.0514 e. The quantitative estimate of drug-likeness (QED) is 0.577. The third-order valence-electron chi connectivity index (χ3n) is 1.61. The number of ether oxygens (including phenoxy) is 1. The van der Waals surface area contributed by atoms with Crippen molar-refractivity contribution in [2.45, 2.75) is 47.5 Å². The van der Waals surface area contributed by atoms with E-state index in [1.54, 1.807) is 0 Å². The minimum atomic E-state index is 0.317. The molecular formula is C11H24O. The first-order valence-electron chi connectivity index (χ1n) is 4.99. The van der Waals surface area contributed by atoms with Gasteiger partial charge in [-0.1, -0.05) is 34.6 Å². The van der Waals surface area contributed by atoms with Gasteiger partial charge in [0.1, 0.15) is 0 Å². The Morgan fingerprint density at radius 2 is 1.75 bits per heavy atom. The average Bonchev–Trinajstić information content (AvgIpc) is 1.83. The lowest BCUT2D eigenvalue weighted by atomic mass is 9.99. The Kier molecular flexibility index (Phi) is 5.56. The van der Waals surface area contributed by atoms with Crippen molar-refractivity contribution in [3.05, 3.63) is 0 Å². The zero-order valence-corrected chi connectivity index (χ0v) is 9.31. The Morgan fingerprint density at radius 3 is 2.17 bits per heavy atom. The van der Waals surface area contributed by atoms with E-state index < -0.39 is 0 Å². The molecule has 1 heteroatoms. The SMILES string of the molecule is CC(C)CCCOCC(C)(C)C. The van der Waals surface area contributed by atoms with Crippen molar-refractivity contribution in [1.29, 1.82) is 0 Å². The molecule has 0 bridgehead atoms. The number of rotatable bonds is 5. The van der Waals surface area contributed by atoms with Gasteiger partial charge in [0.2, 0.25) is 0 Å². The van der Waals surface area contributed by atoms with E-state index in [9.17, 15) is 0 Å². The summed E-state index contributed by atoms with van der Waals surface area (Å²) >= 11 is 0. The van der Waals surface area contributed by atoms with Gasteiger partial charge >= 0.3 is 0 Å². The van der Waals surface area contributed by atoms with Gasteiger partial charge in [0.15, 0.2) is 0 Å². The molecule has 12 heavy (non-hydrogen) atoms. The van der Waals surface area contributed by atoms with Crippen LogP contribution in [-0.4, -0.2) is 13.2 Å². The first-order chi connectivity index (χ1) is 5.42. The van der Waals surface area contributed by atoms with Gasteiger partial charge in [0, 0.05) is 6.61 Å². The fourth-order valence-electron chi connectivity index (χ4n) is 0.972. The van der Waals surface area contributed by atoms with Crippen LogP contribution in [-0.2, 0) is 4.74 Å². The molecule has 0 rings (SSSR count). The van der Waals surface area contributed by atoms with Gasteiger partial charge < -0.3 is 4.74 Å². The summed E-state index contributed by atoms with van der Waals surface area (Å²) in [6.45, 7) is 12.9. The first-order valence-corrected chi connectivity index (χ1v) is 4.99. The summed E-state index contributed by atoms with van der Waals surface area (Å²) in [4.78, 5) is 0. The van der Waals surface area contributed by atoms with Crippen LogP contribution in [0.4, 0.5) is 0 Å². The van der Waals surface area contributed by atoms with Gasteiger partial charge in [0.25, 0.3) is 0 Å². The molecule has 74 valence electrons. The molecule has 0 fully saturated rings. The summed E-state index contributed by atoms with van der Waals surface area (Å²) in [5, 5.41) is 0. The second-order valence-electron chi connectivity index (χ2n) is 5.15. The minimum Gasteiger partial charge on any atom is -0.381 e. The van der Waals surface area contributed by atoms with Crippen molar-refractivity contribution < 1.29 is 4.74 Å². The predicted octanol–water partition coefficient (Wildman–Crippen LogP) is 3.49. The van der Waals surface area contributed by atoms with E-state index in [4.69, 9.17) is 4.74 Å². The highest BCUT2D eigenvalue weighted by Crippen LogP contribution is 2.13. The van der Waals surface area contributed by atoms with Gasteiger partial charge in [-0.2, -0.15) is 0 Å². The average molecular weight is 172 g/mol. The lowest BCUT2D eigenvalue weighted by Crippen LogP contribution is -2.15. The normalized spacial score (nSPS) is 12.5. The first kappa shape index (κ1) is 12.0. The summed E-state index contributed by atoms with van der Waals surface area (Å²) in [7, 11) is 0. The minimum absolute atomic E-state index is 0.317. The molecule has 0 aliphatic heterocycles. The van der Waals surface area contributed by atoms with Crippen LogP contribution in [0.5, 0.6) is 0 Å². The van der Waals surface area contributed by atoms with Gasteiger partial charge in [-0.05, 0) is 24.2 Å². The Hall–Kier alpha value is -0.0400. The highest BCUT2D eigenvalue weighted by atomic mass is 16.5. The molecule has 0 aromatic carbocycles. The van der Waals surface area contributed by atoms with E-state index in [0.29, 0.717) is 5.41 Å². The van der Waals surface area contributed by atoms with Gasteiger partial charge in [-0.15, -0.1) is 0 Å². The third kappa shape index (κ3) is 9.96. The number of hydrogen-bond donors (Lipinski definition) is 0. The summed E-state index contributed by atoms with van der Waals surface area (Å²) in [6.07, 6.45) is 2.48. The molecule has 0 aromatic heterocycles. The van der Waals surface area contributed by atoms with Crippen molar-refractivity contribution in [2.24, 2.45) is 11.3 Å². The Bertz CT molecular complexity index is 100. The Balaban J connectivity index is 3.12. The van der Waals surface area contributed by atoms with Gasteiger partial charge in [-0.25, -0.2) is 0 Å². The smallest absolute Gasteiger partial charge is 0.0514 e. The standard InChI is InChI=1S/C11H24O/c1-10(2)7-6-8-12-9-11(3,4)5/h10H,6-9H2,1-5H3. The maximum atomic E-state index is 5.55. The van der Waals surface area contributed by atoms with Crippen LogP contribution < -0.4 is 0 Å². The van der Waals surface area contributed by atoms with Crippen LogP contribution in [0.15, 0.2) is 0 Å². The summed E-state index contributed by atoms with van der Waals surface area (Å²) in [5.41, 5.74) is 0.317. The second-order valence-corrected chi connectivity index (χ2v) is 5.15. The Labute approximate surface area is 77.5 Å². The Morgan fingerprint density at radius 1 is 1.17 bits per heavy atom. The van der Waals surface area contributed by atoms with Crippen LogP contribution in [0.25, 0.3) is 0 Å². The van der Waals surface area contributed by atoms with Crippen LogP contribution >= 0.6 is 0 Å². The molecule has 0 aliphatic rings. The molecule has 0 spiro atoms. The van der Waals surface area contributed by atoms with Crippen molar-refractivity contribution in [3.8, 4) is 0 Å². The molecule has 0 heterocycles. The molecule has 0 unspecified atom stereocenters. The molecule has 1 nitrogen and oxygen atoms in total. The van der Waals surface area contributed by atoms with E-state index in [0.717, 1.165) is 19.1 Å². The molecule has 0 saturated carbocycles. The van der Waals surface area contributed by atoms with E-state index in [-0.39, 0.29) is 0 Å². The topological polar surface area (TPSA) is 9.23 Å². The molecule has 0 N–H and O–H groups in total. The van der Waals surface area contributed by atoms with Crippen molar-refractivity contribution in [3.63, 3.8) is 0 Å². The third-order valence-corrected chi connectivity index (χ3v) is 1.61. The lowest BCUT2D eigenvalue weighted by Gasteiger charge is -2.18. The zero-order chi connectivity index (χ0) is 9.61. The van der Waals surface area contributed by atoms with E-state index in [1.807, 2.05) is 0 Å². The van der Waals surface area contributed by atoms with Crippen LogP contribution in [0.3, 0.4) is 0 Å². The molecule has 0 amide bonds. The molecule has 0 radical (unpaired) electrons. The monoisotopic (exact) mass is 172 g/mol. The van der Waals surface area contributed by atoms with Crippen LogP contribution in [0.2, 0.25) is 0 Å². The lowest BCUT2D eigenvalue weighted by molar-refractivity contribution is 0.0675. The van der Waals surface area contributed by atoms with Crippen molar-refractivity contribution >= 4 is 0 Å². The molecular weight excluding hydrogens is 148 g/mol. The van der Waals surface area contributed by atoms with Crippen molar-refractivity contribution in [1.82, 2.24) is 0 Å². The summed E-state index contributed by atoms with van der Waals surface area (Å²) < 4.78 is 5.55. The molecule has 0 aromatic rings. The highest BCUT2D eigenvalue weighted by molar-refractivity contribution is 4.58. The van der Waals surface area contributed by atoms with Crippen molar-refractivity contribution in [2.75, 3.05) is 13.2 Å². The van der Waals surface area contributed by atoms with E-state index >= 15 is 0 Å². The van der Waals surface area contributed by atoms with E-state index in [1.165, 1.54) is 12.8 Å². The number of hydrogen-bond acceptors (Lipinski definition) is 1. The zero-order valence-electron chi connectivity index (χ0n) is 9.31. The molecule has 0 aliphatic carbocycles. The fraction of sp³-hybridized carbons (Fsp3) is 1.00. The van der Waals surface area contributed by atoms with E-state index in [2.05, 4.69) is 34.6 Å². The molecule has 0 atom stereocenters. The fourth-order valence-corrected chi connectivity index (χ4v) is 0.972. The van der Waals surface area contributed by atoms with Crippen LogP contribution in [0, 0.1) is 11.3 Å². The summed E-state index contributed by atoms with van der Waals surface area (Å²) in [5.74, 6) is 0.809. The van der Waals surface area contributed by atoms with Crippen LogP contribution in [0.1, 0.15) is 47.5 Å².